The highest BCUT2D eigenvalue weighted by Crippen LogP contribution is 2.28. The van der Waals surface area contributed by atoms with Gasteiger partial charge in [0.15, 0.2) is 0 Å². The van der Waals surface area contributed by atoms with Crippen molar-refractivity contribution in [3.63, 3.8) is 0 Å². The molecule has 0 aliphatic heterocycles. The van der Waals surface area contributed by atoms with Crippen LogP contribution in [-0.2, 0) is 26.2 Å². The minimum atomic E-state index is -4.13. The molecule has 7 nitrogen and oxygen atoms in total. The van der Waals surface area contributed by atoms with Crippen LogP contribution in [0.25, 0.3) is 0 Å². The molecule has 1 atom stereocenters. The summed E-state index contributed by atoms with van der Waals surface area (Å²) in [5.41, 5.74) is 1.78. The minimum Gasteiger partial charge on any atom is -0.357 e. The van der Waals surface area contributed by atoms with E-state index < -0.39 is 28.5 Å². The van der Waals surface area contributed by atoms with Gasteiger partial charge in [-0.25, -0.2) is 8.42 Å². The molecule has 0 aliphatic rings. The van der Waals surface area contributed by atoms with Crippen LogP contribution in [0.15, 0.2) is 76.1 Å². The molecule has 0 saturated carbocycles. The summed E-state index contributed by atoms with van der Waals surface area (Å²) in [7, 11) is -2.65. The monoisotopic (exact) mass is 639 g/mol. The number of halogens is 3. The van der Waals surface area contributed by atoms with Gasteiger partial charge in [-0.3, -0.25) is 13.9 Å². The first-order chi connectivity index (χ1) is 18.0. The third kappa shape index (κ3) is 7.08. The molecular weight excluding hydrogens is 613 g/mol. The van der Waals surface area contributed by atoms with E-state index in [9.17, 15) is 18.0 Å². The molecule has 3 rings (SSSR count). The van der Waals surface area contributed by atoms with E-state index in [1.165, 1.54) is 24.1 Å². The number of carbonyl (C=O) groups is 2. The fourth-order valence-electron chi connectivity index (χ4n) is 3.89. The Hall–Kier alpha value is -2.59. The van der Waals surface area contributed by atoms with Gasteiger partial charge in [0.2, 0.25) is 11.8 Å². The van der Waals surface area contributed by atoms with Gasteiger partial charge in [0.25, 0.3) is 10.0 Å². The number of anilines is 1. The molecule has 0 spiro atoms. The fourth-order valence-corrected chi connectivity index (χ4v) is 6.04. The van der Waals surface area contributed by atoms with Crippen LogP contribution < -0.4 is 9.62 Å². The second-order valence-electron chi connectivity index (χ2n) is 8.60. The van der Waals surface area contributed by atoms with Gasteiger partial charge in [-0.1, -0.05) is 69.8 Å². The van der Waals surface area contributed by atoms with Crippen molar-refractivity contribution in [2.45, 2.75) is 37.8 Å². The zero-order valence-corrected chi connectivity index (χ0v) is 25.0. The van der Waals surface area contributed by atoms with Crippen molar-refractivity contribution in [3.8, 4) is 0 Å². The number of carbonyl (C=O) groups excluding carboxylic acids is 2. The van der Waals surface area contributed by atoms with Crippen LogP contribution in [0.5, 0.6) is 0 Å². The number of sulfonamides is 1. The van der Waals surface area contributed by atoms with Crippen molar-refractivity contribution in [3.05, 3.63) is 92.4 Å². The average molecular weight is 641 g/mol. The molecule has 0 aliphatic carbocycles. The van der Waals surface area contributed by atoms with Gasteiger partial charge >= 0.3 is 0 Å². The number of benzene rings is 3. The summed E-state index contributed by atoms with van der Waals surface area (Å²) in [6, 6.07) is 17.0. The number of rotatable bonds is 10. The summed E-state index contributed by atoms with van der Waals surface area (Å²) >= 11 is 15.8. The van der Waals surface area contributed by atoms with Crippen molar-refractivity contribution in [1.82, 2.24) is 10.2 Å². The molecule has 0 heterocycles. The van der Waals surface area contributed by atoms with Crippen LogP contribution in [0.1, 0.15) is 24.5 Å². The Bertz CT molecular complexity index is 1400. The lowest BCUT2D eigenvalue weighted by Gasteiger charge is -2.33. The van der Waals surface area contributed by atoms with Gasteiger partial charge in [0.1, 0.15) is 12.6 Å². The molecule has 0 radical (unpaired) electrons. The van der Waals surface area contributed by atoms with Gasteiger partial charge in [0.05, 0.1) is 10.6 Å². The Morgan fingerprint density at radius 3 is 2.18 bits per heavy atom. The van der Waals surface area contributed by atoms with Crippen LogP contribution in [0.4, 0.5) is 5.69 Å². The molecule has 3 aromatic rings. The zero-order valence-electron chi connectivity index (χ0n) is 21.1. The van der Waals surface area contributed by atoms with Crippen molar-refractivity contribution >= 4 is 66.7 Å². The zero-order chi connectivity index (χ0) is 28.0. The number of nitrogens with zero attached hydrogens (tertiary/aromatic N) is 2. The summed E-state index contributed by atoms with van der Waals surface area (Å²) < 4.78 is 29.4. The predicted octanol–water partition coefficient (Wildman–Crippen LogP) is 5.81. The number of hydrogen-bond donors (Lipinski definition) is 1. The van der Waals surface area contributed by atoms with E-state index >= 15 is 0 Å². The number of likely N-dealkylation sites (N-methyl/N-ethyl adjacent to an activating group) is 1. The van der Waals surface area contributed by atoms with E-state index in [0.29, 0.717) is 27.7 Å². The Morgan fingerprint density at radius 1 is 1.00 bits per heavy atom. The van der Waals surface area contributed by atoms with E-state index in [2.05, 4.69) is 21.2 Å². The largest absolute Gasteiger partial charge is 0.357 e. The maximum atomic E-state index is 13.9. The number of aryl methyl sites for hydroxylation is 1. The van der Waals surface area contributed by atoms with Gasteiger partial charge in [-0.2, -0.15) is 0 Å². The standard InChI is InChI=1S/C27H28BrCl2N3O4S/c1-4-25(27(35)31-3)32(16-19-7-10-21(29)15-24(19)30)26(34)17-33(22-11-8-20(28)9-12-22)38(36,37)23-13-5-18(2)6-14-23/h5-15,25H,4,16-17H2,1-3H3,(H,31,35)/t25-/m1/s1. The van der Waals surface area contributed by atoms with Crippen LogP contribution in [0.3, 0.4) is 0 Å². The lowest BCUT2D eigenvalue weighted by atomic mass is 10.1. The third-order valence-electron chi connectivity index (χ3n) is 5.99. The molecular formula is C27H28BrCl2N3O4S. The Balaban J connectivity index is 2.07. The van der Waals surface area contributed by atoms with Crippen LogP contribution >= 0.6 is 39.1 Å². The number of nitrogens with one attached hydrogen (secondary N) is 1. The van der Waals surface area contributed by atoms with Crippen LogP contribution in [0.2, 0.25) is 10.0 Å². The predicted molar refractivity (Wildman–Crippen MR) is 155 cm³/mol. The van der Waals surface area contributed by atoms with Crippen LogP contribution in [-0.4, -0.2) is 44.8 Å². The molecule has 11 heteroatoms. The lowest BCUT2D eigenvalue weighted by molar-refractivity contribution is -0.140. The summed E-state index contributed by atoms with van der Waals surface area (Å²) in [5.74, 6) is -0.937. The molecule has 0 aromatic heterocycles. The van der Waals surface area contributed by atoms with Crippen molar-refractivity contribution < 1.29 is 18.0 Å². The first-order valence-corrected chi connectivity index (χ1v) is 14.8. The maximum Gasteiger partial charge on any atom is 0.264 e. The molecule has 3 aromatic carbocycles. The molecule has 1 N–H and O–H groups in total. The average Bonchev–Trinajstić information content (AvgIpc) is 2.88. The summed E-state index contributed by atoms with van der Waals surface area (Å²) in [6.45, 7) is 3.09. The number of hydrogen-bond acceptors (Lipinski definition) is 4. The Kier molecular flexibility index (Phi) is 10.2. The normalized spacial score (nSPS) is 12.1. The second-order valence-corrected chi connectivity index (χ2v) is 12.2. The summed E-state index contributed by atoms with van der Waals surface area (Å²) in [5, 5.41) is 3.35. The van der Waals surface area contributed by atoms with Gasteiger partial charge in [-0.15, -0.1) is 0 Å². The number of amides is 2. The minimum absolute atomic E-state index is 0.0144. The highest BCUT2D eigenvalue weighted by Gasteiger charge is 2.33. The lowest BCUT2D eigenvalue weighted by Crippen LogP contribution is -2.51. The molecule has 0 bridgehead atoms. The van der Waals surface area contributed by atoms with Gasteiger partial charge in [0, 0.05) is 28.1 Å². The molecule has 0 fully saturated rings. The van der Waals surface area contributed by atoms with Crippen molar-refractivity contribution in [1.29, 1.82) is 0 Å². The highest BCUT2D eigenvalue weighted by molar-refractivity contribution is 9.10. The van der Waals surface area contributed by atoms with Gasteiger partial charge < -0.3 is 10.2 Å². The first kappa shape index (κ1) is 30.0. The van der Waals surface area contributed by atoms with E-state index in [0.717, 1.165) is 14.3 Å². The fraction of sp³-hybridized carbons (Fsp3) is 0.259. The maximum absolute atomic E-state index is 13.9. The van der Waals surface area contributed by atoms with Crippen molar-refractivity contribution in [2.24, 2.45) is 0 Å². The molecule has 0 unspecified atom stereocenters. The smallest absolute Gasteiger partial charge is 0.264 e. The highest BCUT2D eigenvalue weighted by atomic mass is 79.9. The molecule has 0 saturated heterocycles. The quantitative estimate of drug-likeness (QED) is 0.303. The summed E-state index contributed by atoms with van der Waals surface area (Å²) in [6.07, 6.45) is 0.305. The topological polar surface area (TPSA) is 86.8 Å². The van der Waals surface area contributed by atoms with Crippen molar-refractivity contribution in [2.75, 3.05) is 17.9 Å². The Labute approximate surface area is 241 Å². The molecule has 38 heavy (non-hydrogen) atoms. The van der Waals surface area contributed by atoms with Gasteiger partial charge in [-0.05, 0) is 67.4 Å². The van der Waals surface area contributed by atoms with Crippen LogP contribution in [0, 0.1) is 6.92 Å². The van der Waals surface area contributed by atoms with E-state index in [1.807, 2.05) is 6.92 Å². The molecule has 202 valence electrons. The second kappa shape index (κ2) is 13.0. The summed E-state index contributed by atoms with van der Waals surface area (Å²) in [4.78, 5) is 28.1. The Morgan fingerprint density at radius 2 is 1.63 bits per heavy atom. The molecule has 2 amide bonds. The van der Waals surface area contributed by atoms with E-state index in [-0.39, 0.29) is 17.3 Å². The van der Waals surface area contributed by atoms with E-state index in [4.69, 9.17) is 23.2 Å². The van der Waals surface area contributed by atoms with E-state index in [1.54, 1.807) is 61.5 Å². The SMILES string of the molecule is CC[C@H](C(=O)NC)N(Cc1ccc(Cl)cc1Cl)C(=O)CN(c1ccc(Br)cc1)S(=O)(=O)c1ccc(C)cc1. The first-order valence-electron chi connectivity index (χ1n) is 11.8. The third-order valence-corrected chi connectivity index (χ3v) is 8.89.